The Balaban J connectivity index is 1.53. The Morgan fingerprint density at radius 3 is 2.59 bits per heavy atom. The number of benzene rings is 2. The number of carbonyl (C=O) groups excluding carboxylic acids is 1. The minimum absolute atomic E-state index is 0.286. The van der Waals surface area contributed by atoms with Gasteiger partial charge in [-0.3, -0.25) is 9.79 Å². The molecule has 2 aromatic rings. The van der Waals surface area contributed by atoms with Crippen molar-refractivity contribution in [1.82, 2.24) is 0 Å². The monoisotopic (exact) mass is 382 g/mol. The van der Waals surface area contributed by atoms with E-state index in [0.29, 0.717) is 24.5 Å². The number of nitrogens with two attached hydrogens (primary N) is 1. The maximum absolute atomic E-state index is 11.1. The fourth-order valence-corrected chi connectivity index (χ4v) is 3.34. The average Bonchev–Trinajstić information content (AvgIpc) is 3.13. The summed E-state index contributed by atoms with van der Waals surface area (Å²) in [5.74, 6) is 0.534. The zero-order valence-corrected chi connectivity index (χ0v) is 15.9. The lowest BCUT2D eigenvalue weighted by Gasteiger charge is -2.23. The van der Waals surface area contributed by atoms with Crippen LogP contribution in [0.1, 0.15) is 30.4 Å². The van der Waals surface area contributed by atoms with Gasteiger partial charge < -0.3 is 10.5 Å². The van der Waals surface area contributed by atoms with Crippen LogP contribution in [0.2, 0.25) is 5.02 Å². The van der Waals surface area contributed by atoms with E-state index in [1.54, 1.807) is 6.21 Å². The number of carbonyl (C=O) groups is 1. The second kappa shape index (κ2) is 8.87. The third-order valence-corrected chi connectivity index (χ3v) is 4.93. The van der Waals surface area contributed by atoms with Crippen molar-refractivity contribution in [3.05, 3.63) is 76.8 Å². The second-order valence-corrected chi connectivity index (χ2v) is 7.21. The lowest BCUT2D eigenvalue weighted by Crippen LogP contribution is -2.25. The van der Waals surface area contributed by atoms with Gasteiger partial charge in [-0.25, -0.2) is 0 Å². The first-order valence-electron chi connectivity index (χ1n) is 9.02. The molecule has 27 heavy (non-hydrogen) atoms. The Kier molecular flexibility index (Phi) is 6.30. The Labute approximate surface area is 164 Å². The van der Waals surface area contributed by atoms with Crippen molar-refractivity contribution < 1.29 is 9.53 Å². The summed E-state index contributed by atoms with van der Waals surface area (Å²) in [5, 5.41) is 0.709. The Hall–Kier alpha value is -2.59. The highest BCUT2D eigenvalue weighted by atomic mass is 35.5. The molecule has 4 nitrogen and oxygen atoms in total. The predicted molar refractivity (Wildman–Crippen MR) is 109 cm³/mol. The number of hydrogen-bond acceptors (Lipinski definition) is 3. The van der Waals surface area contributed by atoms with Gasteiger partial charge in [0, 0.05) is 17.7 Å². The number of nitrogens with zero attached hydrogens (tertiary/aromatic N) is 1. The molecule has 1 aliphatic heterocycles. The molecule has 3 rings (SSSR count). The van der Waals surface area contributed by atoms with Gasteiger partial charge in [0.2, 0.25) is 5.91 Å². The maximum atomic E-state index is 11.1. The van der Waals surface area contributed by atoms with Gasteiger partial charge in [-0.2, -0.15) is 0 Å². The van der Waals surface area contributed by atoms with Crippen molar-refractivity contribution in [3.8, 4) is 5.75 Å². The van der Waals surface area contributed by atoms with E-state index in [4.69, 9.17) is 22.1 Å². The Morgan fingerprint density at radius 2 is 1.93 bits per heavy atom. The quantitative estimate of drug-likeness (QED) is 0.694. The third-order valence-electron chi connectivity index (χ3n) is 4.69. The molecule has 5 heteroatoms. The van der Waals surface area contributed by atoms with Crippen LogP contribution in [0.3, 0.4) is 0 Å². The summed E-state index contributed by atoms with van der Waals surface area (Å²) >= 11 is 5.99. The molecule has 0 aliphatic carbocycles. The van der Waals surface area contributed by atoms with Crippen LogP contribution in [0, 0.1) is 0 Å². The van der Waals surface area contributed by atoms with E-state index in [0.717, 1.165) is 24.2 Å². The molecule has 2 N–H and O–H groups in total. The molecule has 0 radical (unpaired) electrons. The Bertz CT molecular complexity index is 832. The fourth-order valence-electron chi connectivity index (χ4n) is 3.12. The molecule has 1 unspecified atom stereocenters. The molecule has 1 amide bonds. The second-order valence-electron chi connectivity index (χ2n) is 6.77. The zero-order valence-electron chi connectivity index (χ0n) is 15.1. The van der Waals surface area contributed by atoms with Crippen molar-refractivity contribution in [2.24, 2.45) is 10.7 Å². The summed E-state index contributed by atoms with van der Waals surface area (Å²) in [6, 6.07) is 15.7. The molecule has 0 saturated carbocycles. The summed E-state index contributed by atoms with van der Waals surface area (Å²) in [7, 11) is 0. The summed E-state index contributed by atoms with van der Waals surface area (Å²) < 4.78 is 5.82. The van der Waals surface area contributed by atoms with Crippen LogP contribution in [0.25, 0.3) is 0 Å². The van der Waals surface area contributed by atoms with Crippen LogP contribution in [0.4, 0.5) is 0 Å². The maximum Gasteiger partial charge on any atom is 0.217 e. The van der Waals surface area contributed by atoms with E-state index in [2.05, 4.69) is 23.2 Å². The molecule has 0 fully saturated rings. The van der Waals surface area contributed by atoms with Gasteiger partial charge in [0.25, 0.3) is 0 Å². The lowest BCUT2D eigenvalue weighted by molar-refractivity contribution is -0.118. The highest BCUT2D eigenvalue weighted by Crippen LogP contribution is 2.29. The largest absolute Gasteiger partial charge is 0.489 e. The van der Waals surface area contributed by atoms with E-state index in [1.807, 2.05) is 42.5 Å². The molecule has 1 aliphatic rings. The van der Waals surface area contributed by atoms with Crippen molar-refractivity contribution in [2.45, 2.75) is 37.8 Å². The fraction of sp³-hybridized carbons (Fsp3) is 0.273. The minimum atomic E-state index is -0.309. The minimum Gasteiger partial charge on any atom is -0.489 e. The molecular weight excluding hydrogens is 360 g/mol. The number of hydrogen-bond donors (Lipinski definition) is 1. The molecule has 1 heterocycles. The molecule has 2 aromatic carbocycles. The molecule has 140 valence electrons. The van der Waals surface area contributed by atoms with Crippen molar-refractivity contribution in [2.75, 3.05) is 0 Å². The van der Waals surface area contributed by atoms with Gasteiger partial charge in [-0.15, -0.1) is 0 Å². The number of allylic oxidation sites excluding steroid dienone is 1. The highest BCUT2D eigenvalue weighted by Gasteiger charge is 2.27. The number of amides is 1. The Morgan fingerprint density at radius 1 is 1.11 bits per heavy atom. The van der Waals surface area contributed by atoms with Gasteiger partial charge in [0.15, 0.2) is 0 Å². The predicted octanol–water partition coefficient (Wildman–Crippen LogP) is 4.50. The summed E-state index contributed by atoms with van der Waals surface area (Å²) in [6.07, 6.45) is 8.51. The molecule has 1 atom stereocenters. The molecule has 0 bridgehead atoms. The van der Waals surface area contributed by atoms with Gasteiger partial charge in [0.05, 0.1) is 5.54 Å². The van der Waals surface area contributed by atoms with Crippen LogP contribution in [0.5, 0.6) is 5.75 Å². The third kappa shape index (κ3) is 5.69. The van der Waals surface area contributed by atoms with Gasteiger partial charge in [0.1, 0.15) is 12.4 Å². The number of halogens is 1. The molecular formula is C22H23ClN2O2. The smallest absolute Gasteiger partial charge is 0.217 e. The standard InChI is InChI=1S/C22H23ClN2O2/c23-19-4-1-3-18(15-19)16-27-20-7-5-17(6-8-20)9-12-22(11-2-14-25-22)13-10-21(24)26/h1-8,11,14-15H,9-10,12-13,16H2,(H2,24,26). The molecule has 0 aromatic heterocycles. The molecule has 0 spiro atoms. The number of primary amides is 1. The van der Waals surface area contributed by atoms with Crippen molar-refractivity contribution in [1.29, 1.82) is 0 Å². The van der Waals surface area contributed by atoms with Crippen molar-refractivity contribution in [3.63, 3.8) is 0 Å². The lowest BCUT2D eigenvalue weighted by atomic mass is 9.88. The average molecular weight is 383 g/mol. The summed E-state index contributed by atoms with van der Waals surface area (Å²) in [5.41, 5.74) is 7.23. The van der Waals surface area contributed by atoms with Crippen molar-refractivity contribution >= 4 is 23.7 Å². The van der Waals surface area contributed by atoms with Crippen LogP contribution < -0.4 is 10.5 Å². The van der Waals surface area contributed by atoms with E-state index < -0.39 is 0 Å². The number of aliphatic imine (C=N–C) groups is 1. The number of ether oxygens (including phenoxy) is 1. The number of rotatable bonds is 9. The zero-order chi connectivity index (χ0) is 19.1. The summed E-state index contributed by atoms with van der Waals surface area (Å²) in [4.78, 5) is 15.7. The first-order chi connectivity index (χ1) is 13.0. The van der Waals surface area contributed by atoms with Crippen LogP contribution >= 0.6 is 11.6 Å². The van der Waals surface area contributed by atoms with Gasteiger partial charge >= 0.3 is 0 Å². The van der Waals surface area contributed by atoms with E-state index in [-0.39, 0.29) is 11.4 Å². The van der Waals surface area contributed by atoms with Crippen LogP contribution in [0.15, 0.2) is 65.7 Å². The normalized spacial score (nSPS) is 18.0. The van der Waals surface area contributed by atoms with E-state index in [1.165, 1.54) is 5.56 Å². The van der Waals surface area contributed by atoms with E-state index >= 15 is 0 Å². The van der Waals surface area contributed by atoms with Crippen LogP contribution in [-0.2, 0) is 17.8 Å². The van der Waals surface area contributed by atoms with E-state index in [9.17, 15) is 4.79 Å². The summed E-state index contributed by atoms with van der Waals surface area (Å²) in [6.45, 7) is 0.482. The first kappa shape index (κ1) is 19.2. The highest BCUT2D eigenvalue weighted by molar-refractivity contribution is 6.30. The first-order valence-corrected chi connectivity index (χ1v) is 9.40. The molecule has 0 saturated heterocycles. The van der Waals surface area contributed by atoms with Crippen LogP contribution in [-0.4, -0.2) is 17.7 Å². The SMILES string of the molecule is NC(=O)CCC1(CCc2ccc(OCc3cccc(Cl)c3)cc2)C=CC=N1. The van der Waals surface area contributed by atoms with Gasteiger partial charge in [-0.05, 0) is 60.7 Å². The van der Waals surface area contributed by atoms with Gasteiger partial charge in [-0.1, -0.05) is 41.9 Å². The number of aryl methyl sites for hydroxylation is 1. The topological polar surface area (TPSA) is 64.7 Å².